The molecule has 1 saturated carbocycles. The summed E-state index contributed by atoms with van der Waals surface area (Å²) in [5.74, 6) is 2.82. The highest BCUT2D eigenvalue weighted by Crippen LogP contribution is 2.27. The van der Waals surface area contributed by atoms with Crippen LogP contribution in [0.4, 0.5) is 0 Å². The lowest BCUT2D eigenvalue weighted by molar-refractivity contribution is 0.0385. The first-order valence-corrected chi connectivity index (χ1v) is 8.22. The first-order chi connectivity index (χ1) is 10.5. The fourth-order valence-electron chi connectivity index (χ4n) is 3.13. The van der Waals surface area contributed by atoms with E-state index in [0.29, 0.717) is 18.2 Å². The van der Waals surface area contributed by atoms with Gasteiger partial charge in [-0.1, -0.05) is 19.8 Å². The van der Waals surface area contributed by atoms with Crippen LogP contribution in [-0.4, -0.2) is 31.2 Å². The van der Waals surface area contributed by atoms with Crippen molar-refractivity contribution in [2.75, 3.05) is 20.1 Å². The first-order valence-electron chi connectivity index (χ1n) is 8.22. The third kappa shape index (κ3) is 4.77. The summed E-state index contributed by atoms with van der Waals surface area (Å²) in [4.78, 5) is 4.23. The van der Waals surface area contributed by atoms with Crippen molar-refractivity contribution in [2.45, 2.75) is 45.1 Å². The Balaban J connectivity index is 1.78. The van der Waals surface area contributed by atoms with Gasteiger partial charge in [0.2, 0.25) is 0 Å². The lowest BCUT2D eigenvalue weighted by Gasteiger charge is -2.28. The minimum atomic E-state index is -1.06. The molecule has 3 atom stereocenters. The molecule has 3 unspecified atom stereocenters. The molecule has 0 radical (unpaired) electrons. The Labute approximate surface area is 133 Å². The third-order valence-electron chi connectivity index (χ3n) is 4.48. The molecule has 0 spiro atoms. The van der Waals surface area contributed by atoms with Gasteiger partial charge in [-0.15, -0.1) is 0 Å². The van der Waals surface area contributed by atoms with Crippen LogP contribution in [0.5, 0.6) is 0 Å². The number of hydrogen-bond acceptors (Lipinski definition) is 3. The predicted octanol–water partition coefficient (Wildman–Crippen LogP) is 2.48. The van der Waals surface area contributed by atoms with Gasteiger partial charge in [-0.25, -0.2) is 0 Å². The van der Waals surface area contributed by atoms with Gasteiger partial charge in [-0.2, -0.15) is 0 Å². The smallest absolute Gasteiger partial charge is 0.191 e. The second-order valence-electron chi connectivity index (χ2n) is 6.70. The second kappa shape index (κ2) is 7.68. The van der Waals surface area contributed by atoms with Crippen molar-refractivity contribution in [3.05, 3.63) is 24.2 Å². The maximum Gasteiger partial charge on any atom is 0.191 e. The van der Waals surface area contributed by atoms with Crippen LogP contribution < -0.4 is 10.6 Å². The molecule has 0 aromatic carbocycles. The molecule has 1 aromatic heterocycles. The summed E-state index contributed by atoms with van der Waals surface area (Å²) >= 11 is 0. The number of aliphatic hydroxyl groups is 1. The molecule has 3 N–H and O–H groups in total. The molecule has 5 nitrogen and oxygen atoms in total. The van der Waals surface area contributed by atoms with Gasteiger partial charge in [-0.3, -0.25) is 4.99 Å². The highest BCUT2D eigenvalue weighted by molar-refractivity contribution is 5.79. The standard InChI is InChI=1S/C17H29N3O2/c1-13-6-4-7-14(10-13)11-19-16(18-3)20-12-17(2,21)15-8-5-9-22-15/h5,8-9,13-14,21H,4,6-7,10-12H2,1-3H3,(H2,18,19,20). The predicted molar refractivity (Wildman–Crippen MR) is 88.8 cm³/mol. The summed E-state index contributed by atoms with van der Waals surface area (Å²) in [6, 6.07) is 3.56. The average Bonchev–Trinajstić information content (AvgIpc) is 3.02. The number of nitrogens with one attached hydrogen (secondary N) is 2. The quantitative estimate of drug-likeness (QED) is 0.577. The Morgan fingerprint density at radius 2 is 2.27 bits per heavy atom. The molecule has 124 valence electrons. The zero-order valence-electron chi connectivity index (χ0n) is 13.9. The maximum absolute atomic E-state index is 10.4. The molecule has 22 heavy (non-hydrogen) atoms. The molecule has 0 aliphatic heterocycles. The molecule has 0 amide bonds. The molecular weight excluding hydrogens is 278 g/mol. The lowest BCUT2D eigenvalue weighted by atomic mass is 9.82. The van der Waals surface area contributed by atoms with Crippen LogP contribution in [-0.2, 0) is 5.60 Å². The molecule has 1 aromatic rings. The monoisotopic (exact) mass is 307 g/mol. The Kier molecular flexibility index (Phi) is 5.89. The molecular formula is C17H29N3O2. The van der Waals surface area contributed by atoms with Crippen LogP contribution in [0.2, 0.25) is 0 Å². The zero-order valence-corrected chi connectivity index (χ0v) is 13.9. The van der Waals surface area contributed by atoms with Crippen LogP contribution in [0.3, 0.4) is 0 Å². The van der Waals surface area contributed by atoms with Gasteiger partial charge >= 0.3 is 0 Å². The molecule has 1 aliphatic rings. The van der Waals surface area contributed by atoms with Gasteiger partial charge in [0.25, 0.3) is 0 Å². The fraction of sp³-hybridized carbons (Fsp3) is 0.706. The summed E-state index contributed by atoms with van der Waals surface area (Å²) in [5, 5.41) is 17.0. The summed E-state index contributed by atoms with van der Waals surface area (Å²) < 4.78 is 5.28. The van der Waals surface area contributed by atoms with Crippen LogP contribution in [0, 0.1) is 11.8 Å². The highest BCUT2D eigenvalue weighted by Gasteiger charge is 2.26. The maximum atomic E-state index is 10.4. The third-order valence-corrected chi connectivity index (χ3v) is 4.48. The van der Waals surface area contributed by atoms with Gasteiger partial charge in [0.1, 0.15) is 11.4 Å². The average molecular weight is 307 g/mol. The molecule has 0 saturated heterocycles. The van der Waals surface area contributed by atoms with Crippen molar-refractivity contribution in [1.29, 1.82) is 0 Å². The van der Waals surface area contributed by atoms with Gasteiger partial charge < -0.3 is 20.2 Å². The van der Waals surface area contributed by atoms with Crippen LogP contribution in [0.25, 0.3) is 0 Å². The number of aliphatic imine (C=N–C) groups is 1. The second-order valence-corrected chi connectivity index (χ2v) is 6.70. The molecule has 2 rings (SSSR count). The van der Waals surface area contributed by atoms with E-state index in [0.717, 1.165) is 18.4 Å². The summed E-state index contributed by atoms with van der Waals surface area (Å²) in [6.07, 6.45) is 6.83. The van der Waals surface area contributed by atoms with Gasteiger partial charge in [-0.05, 0) is 43.7 Å². The minimum absolute atomic E-state index is 0.348. The number of hydrogen-bond donors (Lipinski definition) is 3. The van der Waals surface area contributed by atoms with E-state index in [1.807, 2.05) is 0 Å². The summed E-state index contributed by atoms with van der Waals surface area (Å²) in [6.45, 7) is 5.35. The topological polar surface area (TPSA) is 69.8 Å². The molecule has 5 heteroatoms. The van der Waals surface area contributed by atoms with E-state index < -0.39 is 5.60 Å². The van der Waals surface area contributed by atoms with Crippen molar-refractivity contribution in [3.63, 3.8) is 0 Å². The summed E-state index contributed by atoms with van der Waals surface area (Å²) in [5.41, 5.74) is -1.06. The molecule has 1 aliphatic carbocycles. The lowest BCUT2D eigenvalue weighted by Crippen LogP contribution is -2.45. The van der Waals surface area contributed by atoms with Gasteiger partial charge in [0.15, 0.2) is 5.96 Å². The normalized spacial score (nSPS) is 25.5. The van der Waals surface area contributed by atoms with E-state index in [4.69, 9.17) is 4.42 Å². The summed E-state index contributed by atoms with van der Waals surface area (Å²) in [7, 11) is 1.75. The Morgan fingerprint density at radius 1 is 1.45 bits per heavy atom. The molecule has 1 fully saturated rings. The van der Waals surface area contributed by atoms with Crippen molar-refractivity contribution < 1.29 is 9.52 Å². The van der Waals surface area contributed by atoms with Crippen LogP contribution >= 0.6 is 0 Å². The van der Waals surface area contributed by atoms with Crippen molar-refractivity contribution in [1.82, 2.24) is 10.6 Å². The minimum Gasteiger partial charge on any atom is -0.466 e. The Bertz CT molecular complexity index is 468. The Hall–Kier alpha value is -1.49. The fourth-order valence-corrected chi connectivity index (χ4v) is 3.13. The number of nitrogens with zero attached hydrogens (tertiary/aromatic N) is 1. The van der Waals surface area contributed by atoms with Crippen LogP contribution in [0.1, 0.15) is 45.3 Å². The SMILES string of the molecule is CN=C(NCC1CCCC(C)C1)NCC(C)(O)c1ccco1. The van der Waals surface area contributed by atoms with Crippen molar-refractivity contribution >= 4 is 5.96 Å². The Morgan fingerprint density at radius 3 is 2.91 bits per heavy atom. The van der Waals surface area contributed by atoms with Crippen LogP contribution in [0.15, 0.2) is 27.8 Å². The van der Waals surface area contributed by atoms with E-state index >= 15 is 0 Å². The van der Waals surface area contributed by atoms with Crippen molar-refractivity contribution in [3.8, 4) is 0 Å². The molecule has 0 bridgehead atoms. The van der Waals surface area contributed by atoms with E-state index in [9.17, 15) is 5.11 Å². The highest BCUT2D eigenvalue weighted by atomic mass is 16.4. The van der Waals surface area contributed by atoms with E-state index in [2.05, 4.69) is 22.5 Å². The molecule has 1 heterocycles. The number of furan rings is 1. The van der Waals surface area contributed by atoms with Gasteiger partial charge in [0.05, 0.1) is 12.8 Å². The first kappa shape index (κ1) is 16.9. The van der Waals surface area contributed by atoms with E-state index in [-0.39, 0.29) is 0 Å². The van der Waals surface area contributed by atoms with E-state index in [1.165, 1.54) is 25.7 Å². The van der Waals surface area contributed by atoms with Crippen molar-refractivity contribution in [2.24, 2.45) is 16.8 Å². The van der Waals surface area contributed by atoms with Gasteiger partial charge in [0, 0.05) is 13.6 Å². The van der Waals surface area contributed by atoms with E-state index in [1.54, 1.807) is 32.4 Å². The zero-order chi connectivity index (χ0) is 16.0. The largest absolute Gasteiger partial charge is 0.466 e. The number of rotatable bonds is 5. The number of guanidine groups is 1.